The van der Waals surface area contributed by atoms with Crippen molar-refractivity contribution < 1.29 is 26.9 Å². The molecular weight excluding hydrogens is 310 g/mol. The molecule has 8 heteroatoms. The molecule has 1 aromatic carbocycles. The van der Waals surface area contributed by atoms with E-state index in [1.54, 1.807) is 19.1 Å². The van der Waals surface area contributed by atoms with Crippen molar-refractivity contribution in [2.45, 2.75) is 26.3 Å². The van der Waals surface area contributed by atoms with Crippen LogP contribution >= 0.6 is 0 Å². The molecule has 0 heterocycles. The fraction of sp³-hybridized carbons (Fsp3) is 0.429. The van der Waals surface area contributed by atoms with Crippen LogP contribution in [-0.2, 0) is 24.4 Å². The SMILES string of the molecule is CCOC(=O)CC(NC(C)=O)c1ccc(OS(C)(=O)=O)cc1. The highest BCUT2D eigenvalue weighted by Crippen LogP contribution is 2.21. The van der Waals surface area contributed by atoms with Crippen molar-refractivity contribution in [2.75, 3.05) is 12.9 Å². The van der Waals surface area contributed by atoms with Gasteiger partial charge in [-0.2, -0.15) is 8.42 Å². The second-order valence-corrected chi connectivity index (χ2v) is 6.19. The van der Waals surface area contributed by atoms with Crippen molar-refractivity contribution in [1.29, 1.82) is 0 Å². The molecule has 0 saturated carbocycles. The topological polar surface area (TPSA) is 98.8 Å². The number of esters is 1. The zero-order valence-electron chi connectivity index (χ0n) is 12.7. The largest absolute Gasteiger partial charge is 0.466 e. The first-order valence-corrected chi connectivity index (χ1v) is 8.45. The molecule has 122 valence electrons. The van der Waals surface area contributed by atoms with Crippen molar-refractivity contribution in [3.63, 3.8) is 0 Å². The van der Waals surface area contributed by atoms with Crippen LogP contribution in [0.1, 0.15) is 31.9 Å². The Labute approximate surface area is 129 Å². The summed E-state index contributed by atoms with van der Waals surface area (Å²) in [5, 5.41) is 2.65. The third-order valence-corrected chi connectivity index (χ3v) is 3.08. The molecule has 0 aliphatic heterocycles. The molecule has 7 nitrogen and oxygen atoms in total. The van der Waals surface area contributed by atoms with E-state index in [1.807, 2.05) is 0 Å². The summed E-state index contributed by atoms with van der Waals surface area (Å²) in [6.45, 7) is 3.30. The molecule has 1 atom stereocenters. The molecule has 1 N–H and O–H groups in total. The zero-order chi connectivity index (χ0) is 16.8. The first kappa shape index (κ1) is 18.0. The molecule has 0 fully saturated rings. The van der Waals surface area contributed by atoms with Crippen molar-refractivity contribution in [3.8, 4) is 5.75 Å². The predicted octanol–water partition coefficient (Wildman–Crippen LogP) is 1.16. The van der Waals surface area contributed by atoms with Gasteiger partial charge in [-0.05, 0) is 24.6 Å². The van der Waals surface area contributed by atoms with Gasteiger partial charge in [0.1, 0.15) is 5.75 Å². The average Bonchev–Trinajstić information content (AvgIpc) is 2.36. The zero-order valence-corrected chi connectivity index (χ0v) is 13.5. The molecule has 0 aliphatic carbocycles. The van der Waals surface area contributed by atoms with Crippen molar-refractivity contribution in [1.82, 2.24) is 5.32 Å². The second-order valence-electron chi connectivity index (χ2n) is 4.62. The Hall–Kier alpha value is -2.09. The maximum absolute atomic E-state index is 11.6. The van der Waals surface area contributed by atoms with Crippen molar-refractivity contribution >= 4 is 22.0 Å². The van der Waals surface area contributed by atoms with E-state index in [0.29, 0.717) is 5.56 Å². The third-order valence-electron chi connectivity index (χ3n) is 2.58. The lowest BCUT2D eigenvalue weighted by Crippen LogP contribution is -2.28. The lowest BCUT2D eigenvalue weighted by atomic mass is 10.0. The Morgan fingerprint density at radius 3 is 2.27 bits per heavy atom. The minimum atomic E-state index is -3.60. The lowest BCUT2D eigenvalue weighted by molar-refractivity contribution is -0.143. The molecule has 1 rings (SSSR count). The first-order valence-electron chi connectivity index (χ1n) is 6.63. The van der Waals surface area contributed by atoms with Crippen LogP contribution in [0, 0.1) is 0 Å². The maximum atomic E-state index is 11.6. The number of nitrogens with one attached hydrogen (secondary N) is 1. The number of carbonyl (C=O) groups is 2. The molecule has 0 bridgehead atoms. The number of amides is 1. The van der Waals surface area contributed by atoms with Gasteiger partial charge in [-0.15, -0.1) is 0 Å². The van der Waals surface area contributed by atoms with Gasteiger partial charge in [0.25, 0.3) is 0 Å². The minimum absolute atomic E-state index is 0.0142. The first-order chi connectivity index (χ1) is 10.2. The van der Waals surface area contributed by atoms with Crippen LogP contribution in [0.5, 0.6) is 5.75 Å². The van der Waals surface area contributed by atoms with Gasteiger partial charge in [-0.25, -0.2) is 0 Å². The number of hydrogen-bond acceptors (Lipinski definition) is 6. The molecule has 22 heavy (non-hydrogen) atoms. The summed E-state index contributed by atoms with van der Waals surface area (Å²) in [4.78, 5) is 22.8. The number of ether oxygens (including phenoxy) is 1. The van der Waals surface area contributed by atoms with E-state index < -0.39 is 22.1 Å². The van der Waals surface area contributed by atoms with Gasteiger partial charge in [0.2, 0.25) is 5.91 Å². The standard InChI is InChI=1S/C14H19NO6S/c1-4-20-14(17)9-13(15-10(2)16)11-5-7-12(8-6-11)21-22(3,18)19/h5-8,13H,4,9H2,1-3H3,(H,15,16). The van der Waals surface area contributed by atoms with Gasteiger partial charge in [-0.1, -0.05) is 12.1 Å². The van der Waals surface area contributed by atoms with Crippen LogP contribution in [0.3, 0.4) is 0 Å². The highest BCUT2D eigenvalue weighted by Gasteiger charge is 2.18. The summed E-state index contributed by atoms with van der Waals surface area (Å²) >= 11 is 0. The number of benzene rings is 1. The molecule has 1 aromatic rings. The summed E-state index contributed by atoms with van der Waals surface area (Å²) in [6, 6.07) is 5.52. The van der Waals surface area contributed by atoms with Gasteiger partial charge in [0.15, 0.2) is 0 Å². The van der Waals surface area contributed by atoms with Crippen LogP contribution < -0.4 is 9.50 Å². The fourth-order valence-corrected chi connectivity index (χ4v) is 2.28. The average molecular weight is 329 g/mol. The highest BCUT2D eigenvalue weighted by molar-refractivity contribution is 7.86. The number of hydrogen-bond donors (Lipinski definition) is 1. The molecule has 0 radical (unpaired) electrons. The minimum Gasteiger partial charge on any atom is -0.466 e. The molecule has 1 amide bonds. The monoisotopic (exact) mass is 329 g/mol. The van der Waals surface area contributed by atoms with Gasteiger partial charge in [-0.3, -0.25) is 9.59 Å². The Balaban J connectivity index is 2.89. The maximum Gasteiger partial charge on any atom is 0.308 e. The fourth-order valence-electron chi connectivity index (χ4n) is 1.81. The predicted molar refractivity (Wildman–Crippen MR) is 79.7 cm³/mol. The van der Waals surface area contributed by atoms with Crippen LogP contribution in [0.2, 0.25) is 0 Å². The normalized spacial score (nSPS) is 12.3. The van der Waals surface area contributed by atoms with Crippen LogP contribution in [0.4, 0.5) is 0 Å². The molecule has 0 saturated heterocycles. The summed E-state index contributed by atoms with van der Waals surface area (Å²) in [6.07, 6.45) is 0.932. The van der Waals surface area contributed by atoms with Crippen LogP contribution in [-0.4, -0.2) is 33.2 Å². The second kappa shape index (κ2) is 7.79. The summed E-state index contributed by atoms with van der Waals surface area (Å²) in [7, 11) is -3.60. The molecule has 0 aromatic heterocycles. The third kappa shape index (κ3) is 6.57. The summed E-state index contributed by atoms with van der Waals surface area (Å²) < 4.78 is 31.7. The van der Waals surface area contributed by atoms with E-state index in [1.165, 1.54) is 19.1 Å². The van der Waals surface area contributed by atoms with E-state index in [2.05, 4.69) is 5.32 Å². The van der Waals surface area contributed by atoms with Crippen molar-refractivity contribution in [2.24, 2.45) is 0 Å². The Kier molecular flexibility index (Phi) is 6.36. The van der Waals surface area contributed by atoms with E-state index in [9.17, 15) is 18.0 Å². The van der Waals surface area contributed by atoms with Gasteiger partial charge < -0.3 is 14.2 Å². The number of rotatable bonds is 7. The van der Waals surface area contributed by atoms with Gasteiger partial charge in [0.05, 0.1) is 25.3 Å². The van der Waals surface area contributed by atoms with E-state index in [4.69, 9.17) is 8.92 Å². The van der Waals surface area contributed by atoms with E-state index in [-0.39, 0.29) is 24.7 Å². The van der Waals surface area contributed by atoms with E-state index in [0.717, 1.165) is 6.26 Å². The smallest absolute Gasteiger partial charge is 0.308 e. The Morgan fingerprint density at radius 1 is 1.23 bits per heavy atom. The summed E-state index contributed by atoms with van der Waals surface area (Å²) in [5.74, 6) is -0.563. The van der Waals surface area contributed by atoms with Crippen LogP contribution in [0.15, 0.2) is 24.3 Å². The van der Waals surface area contributed by atoms with Gasteiger partial charge >= 0.3 is 16.1 Å². The van der Waals surface area contributed by atoms with E-state index >= 15 is 0 Å². The lowest BCUT2D eigenvalue weighted by Gasteiger charge is -2.17. The Bertz CT molecular complexity index is 623. The van der Waals surface area contributed by atoms with Crippen molar-refractivity contribution in [3.05, 3.63) is 29.8 Å². The molecule has 0 spiro atoms. The van der Waals surface area contributed by atoms with Gasteiger partial charge in [0, 0.05) is 6.92 Å². The molecule has 1 unspecified atom stereocenters. The van der Waals surface area contributed by atoms with Crippen LogP contribution in [0.25, 0.3) is 0 Å². The highest BCUT2D eigenvalue weighted by atomic mass is 32.2. The Morgan fingerprint density at radius 2 is 1.82 bits per heavy atom. The summed E-state index contributed by atoms with van der Waals surface area (Å²) in [5.41, 5.74) is 0.643. The molecule has 0 aliphatic rings. The number of carbonyl (C=O) groups excluding carboxylic acids is 2. The molecular formula is C14H19NO6S. The quantitative estimate of drug-likeness (QED) is 0.595.